The molecule has 1 aliphatic rings. The van der Waals surface area contributed by atoms with Gasteiger partial charge in [0.15, 0.2) is 0 Å². The molecule has 1 atom stereocenters. The zero-order valence-electron chi connectivity index (χ0n) is 17.3. The summed E-state index contributed by atoms with van der Waals surface area (Å²) < 4.78 is 8.41. The standard InChI is InChI=1S/C23H32N2O2/c1-6-7-10-27-21-12-17(22(24)26)8-9-19(21)25-16(3)11-18-15(2)13-23(4,5)14-20(18)25/h8-9,11-12,15H,6-7,10,13-14H2,1-5H3,(H2,24,26). The van der Waals surface area contributed by atoms with Crippen molar-refractivity contribution < 1.29 is 9.53 Å². The minimum absolute atomic E-state index is 0.269. The molecule has 27 heavy (non-hydrogen) atoms. The molecule has 146 valence electrons. The molecule has 3 rings (SSSR count). The van der Waals surface area contributed by atoms with Gasteiger partial charge in [-0.05, 0) is 67.3 Å². The van der Waals surface area contributed by atoms with Gasteiger partial charge in [0.05, 0.1) is 12.3 Å². The highest BCUT2D eigenvalue weighted by Crippen LogP contribution is 2.44. The van der Waals surface area contributed by atoms with E-state index < -0.39 is 5.91 Å². The van der Waals surface area contributed by atoms with E-state index in [9.17, 15) is 4.79 Å². The van der Waals surface area contributed by atoms with Crippen LogP contribution in [0.2, 0.25) is 0 Å². The predicted molar refractivity (Wildman–Crippen MR) is 110 cm³/mol. The van der Waals surface area contributed by atoms with Crippen LogP contribution < -0.4 is 10.5 Å². The third kappa shape index (κ3) is 3.90. The number of aryl methyl sites for hydroxylation is 1. The lowest BCUT2D eigenvalue weighted by Gasteiger charge is -2.35. The molecule has 4 nitrogen and oxygen atoms in total. The van der Waals surface area contributed by atoms with Crippen molar-refractivity contribution in [3.8, 4) is 11.4 Å². The van der Waals surface area contributed by atoms with E-state index in [1.165, 1.54) is 23.4 Å². The minimum atomic E-state index is -0.428. The number of aromatic nitrogens is 1. The second kappa shape index (κ2) is 7.41. The number of primary amides is 1. The van der Waals surface area contributed by atoms with E-state index in [0.717, 1.165) is 30.7 Å². The van der Waals surface area contributed by atoms with E-state index in [4.69, 9.17) is 10.5 Å². The quantitative estimate of drug-likeness (QED) is 0.718. The number of nitrogens with two attached hydrogens (primary N) is 1. The van der Waals surface area contributed by atoms with Crippen LogP contribution in [0.4, 0.5) is 0 Å². The van der Waals surface area contributed by atoms with Crippen molar-refractivity contribution in [1.29, 1.82) is 0 Å². The lowest BCUT2D eigenvalue weighted by molar-refractivity contribution is 0.1000. The van der Waals surface area contributed by atoms with E-state index in [2.05, 4.69) is 45.3 Å². The van der Waals surface area contributed by atoms with E-state index >= 15 is 0 Å². The second-order valence-corrected chi connectivity index (χ2v) is 8.72. The number of hydrogen-bond acceptors (Lipinski definition) is 2. The number of unbranched alkanes of at least 4 members (excludes halogenated alkanes) is 1. The van der Waals surface area contributed by atoms with Crippen molar-refractivity contribution in [3.63, 3.8) is 0 Å². The first-order chi connectivity index (χ1) is 12.7. The van der Waals surface area contributed by atoms with Gasteiger partial charge >= 0.3 is 0 Å². The Morgan fingerprint density at radius 1 is 1.33 bits per heavy atom. The maximum absolute atomic E-state index is 11.7. The predicted octanol–water partition coefficient (Wildman–Crippen LogP) is 5.14. The monoisotopic (exact) mass is 368 g/mol. The highest BCUT2D eigenvalue weighted by Gasteiger charge is 2.33. The van der Waals surface area contributed by atoms with Crippen LogP contribution in [-0.4, -0.2) is 17.1 Å². The molecule has 1 heterocycles. The molecular weight excluding hydrogens is 336 g/mol. The Bertz CT molecular complexity index is 848. The van der Waals surface area contributed by atoms with Crippen LogP contribution in [0.5, 0.6) is 5.75 Å². The average molecular weight is 369 g/mol. The Labute approximate surface area is 162 Å². The number of carbonyl (C=O) groups excluding carboxylic acids is 1. The molecule has 0 bridgehead atoms. The van der Waals surface area contributed by atoms with E-state index in [-0.39, 0.29) is 5.41 Å². The van der Waals surface area contributed by atoms with Crippen molar-refractivity contribution in [1.82, 2.24) is 4.57 Å². The Morgan fingerprint density at radius 2 is 2.07 bits per heavy atom. The van der Waals surface area contributed by atoms with Crippen LogP contribution in [0.25, 0.3) is 5.69 Å². The molecule has 0 spiro atoms. The minimum Gasteiger partial charge on any atom is -0.491 e. The molecular formula is C23H32N2O2. The summed E-state index contributed by atoms with van der Waals surface area (Å²) in [5, 5.41) is 0. The van der Waals surface area contributed by atoms with Gasteiger partial charge in [0.2, 0.25) is 5.91 Å². The van der Waals surface area contributed by atoms with Gasteiger partial charge in [-0.3, -0.25) is 4.79 Å². The molecule has 0 aliphatic heterocycles. The lowest BCUT2D eigenvalue weighted by atomic mass is 9.72. The molecule has 0 fully saturated rings. The van der Waals surface area contributed by atoms with Gasteiger partial charge in [-0.2, -0.15) is 0 Å². The maximum atomic E-state index is 11.7. The molecule has 0 saturated carbocycles. The number of fused-ring (bicyclic) bond motifs is 1. The zero-order chi connectivity index (χ0) is 19.8. The van der Waals surface area contributed by atoms with E-state index in [0.29, 0.717) is 18.1 Å². The summed E-state index contributed by atoms with van der Waals surface area (Å²) in [6, 6.07) is 7.87. The van der Waals surface area contributed by atoms with Gasteiger partial charge in [0, 0.05) is 17.0 Å². The molecule has 1 aromatic carbocycles. The molecule has 1 unspecified atom stereocenters. The van der Waals surface area contributed by atoms with Gasteiger partial charge in [0.25, 0.3) is 0 Å². The van der Waals surface area contributed by atoms with Gasteiger partial charge in [-0.15, -0.1) is 0 Å². The topological polar surface area (TPSA) is 57.2 Å². The van der Waals surface area contributed by atoms with Crippen LogP contribution >= 0.6 is 0 Å². The van der Waals surface area contributed by atoms with Crippen LogP contribution in [-0.2, 0) is 6.42 Å². The average Bonchev–Trinajstić information content (AvgIpc) is 2.90. The van der Waals surface area contributed by atoms with Crippen molar-refractivity contribution in [2.75, 3.05) is 6.61 Å². The molecule has 4 heteroatoms. The Morgan fingerprint density at radius 3 is 2.74 bits per heavy atom. The molecule has 2 N–H and O–H groups in total. The smallest absolute Gasteiger partial charge is 0.248 e. The molecule has 0 radical (unpaired) electrons. The Balaban J connectivity index is 2.12. The molecule has 2 aromatic rings. The van der Waals surface area contributed by atoms with Crippen LogP contribution in [0, 0.1) is 12.3 Å². The SMILES string of the molecule is CCCCOc1cc(C(N)=O)ccc1-n1c(C)cc2c1CC(C)(C)CC2C. The van der Waals surface area contributed by atoms with Gasteiger partial charge in [-0.1, -0.05) is 34.1 Å². The first kappa shape index (κ1) is 19.5. The number of rotatable bonds is 6. The molecule has 1 aliphatic carbocycles. The lowest BCUT2D eigenvalue weighted by Crippen LogP contribution is -2.25. The summed E-state index contributed by atoms with van der Waals surface area (Å²) in [5.74, 6) is 0.846. The van der Waals surface area contributed by atoms with E-state index in [1.54, 1.807) is 12.1 Å². The maximum Gasteiger partial charge on any atom is 0.248 e. The Hall–Kier alpha value is -2.23. The Kier molecular flexibility index (Phi) is 5.36. The number of carbonyl (C=O) groups is 1. The fourth-order valence-corrected chi connectivity index (χ4v) is 4.42. The van der Waals surface area contributed by atoms with Gasteiger partial charge in [-0.25, -0.2) is 0 Å². The summed E-state index contributed by atoms with van der Waals surface area (Å²) in [4.78, 5) is 11.7. The highest BCUT2D eigenvalue weighted by molar-refractivity contribution is 5.93. The number of amides is 1. The normalized spacial score (nSPS) is 18.2. The fourth-order valence-electron chi connectivity index (χ4n) is 4.42. The number of benzene rings is 1. The first-order valence-electron chi connectivity index (χ1n) is 10.0. The van der Waals surface area contributed by atoms with Gasteiger partial charge in [0.1, 0.15) is 5.75 Å². The third-order valence-corrected chi connectivity index (χ3v) is 5.60. The van der Waals surface area contributed by atoms with Crippen molar-refractivity contribution in [3.05, 3.63) is 46.8 Å². The number of nitrogens with zero attached hydrogens (tertiary/aromatic N) is 1. The third-order valence-electron chi connectivity index (χ3n) is 5.60. The summed E-state index contributed by atoms with van der Waals surface area (Å²) in [6.07, 6.45) is 4.28. The fraction of sp³-hybridized carbons (Fsp3) is 0.522. The highest BCUT2D eigenvalue weighted by atomic mass is 16.5. The largest absolute Gasteiger partial charge is 0.491 e. The van der Waals surface area contributed by atoms with Crippen molar-refractivity contribution in [2.45, 2.75) is 66.2 Å². The first-order valence-corrected chi connectivity index (χ1v) is 10.0. The summed E-state index contributed by atoms with van der Waals surface area (Å²) in [5.41, 5.74) is 11.3. The zero-order valence-corrected chi connectivity index (χ0v) is 17.3. The second-order valence-electron chi connectivity index (χ2n) is 8.72. The summed E-state index contributed by atoms with van der Waals surface area (Å²) in [6.45, 7) is 11.9. The summed E-state index contributed by atoms with van der Waals surface area (Å²) >= 11 is 0. The number of ether oxygens (including phenoxy) is 1. The van der Waals surface area contributed by atoms with Crippen LogP contribution in [0.1, 0.15) is 80.2 Å². The van der Waals surface area contributed by atoms with Gasteiger partial charge < -0.3 is 15.0 Å². The number of hydrogen-bond donors (Lipinski definition) is 1. The molecule has 1 amide bonds. The van der Waals surface area contributed by atoms with Crippen LogP contribution in [0.15, 0.2) is 24.3 Å². The molecule has 0 saturated heterocycles. The molecule has 1 aromatic heterocycles. The van der Waals surface area contributed by atoms with E-state index in [1.807, 2.05) is 6.07 Å². The van der Waals surface area contributed by atoms with Crippen molar-refractivity contribution in [2.24, 2.45) is 11.1 Å². The van der Waals surface area contributed by atoms with Crippen molar-refractivity contribution >= 4 is 5.91 Å². The summed E-state index contributed by atoms with van der Waals surface area (Å²) in [7, 11) is 0. The van der Waals surface area contributed by atoms with Crippen LogP contribution in [0.3, 0.4) is 0 Å².